The lowest BCUT2D eigenvalue weighted by Gasteiger charge is -2.19. The van der Waals surface area contributed by atoms with Crippen LogP contribution in [0.3, 0.4) is 0 Å². The molecule has 6 heteroatoms. The number of benzene rings is 1. The molecule has 3 aromatic heterocycles. The smallest absolute Gasteiger partial charge is 0.157 e. The number of furan rings is 1. The van der Waals surface area contributed by atoms with Crippen molar-refractivity contribution in [1.29, 1.82) is 5.26 Å². The molecule has 0 saturated heterocycles. The maximum absolute atomic E-state index is 9.59. The number of hydrogen-bond acceptors (Lipinski definition) is 5. The number of aryl methyl sites for hydroxylation is 1. The third-order valence-electron chi connectivity index (χ3n) is 4.43. The van der Waals surface area contributed by atoms with Gasteiger partial charge in [0.05, 0.1) is 29.5 Å². The van der Waals surface area contributed by atoms with E-state index in [1.54, 1.807) is 13.4 Å². The molecule has 0 radical (unpaired) electrons. The Morgan fingerprint density at radius 3 is 2.88 bits per heavy atom. The molecule has 1 N–H and O–H groups in total. The number of imidazole rings is 1. The highest BCUT2D eigenvalue weighted by molar-refractivity contribution is 5.85. The molecule has 0 bridgehead atoms. The summed E-state index contributed by atoms with van der Waals surface area (Å²) in [5.74, 6) is 1.62. The summed E-state index contributed by atoms with van der Waals surface area (Å²) in [6.07, 6.45) is 1.64. The number of hydrogen-bond donors (Lipinski definition) is 1. The van der Waals surface area contributed by atoms with E-state index in [-0.39, 0.29) is 6.04 Å². The van der Waals surface area contributed by atoms with E-state index in [4.69, 9.17) is 9.15 Å². The quantitative estimate of drug-likeness (QED) is 0.590. The minimum atomic E-state index is -0.160. The normalized spacial score (nSPS) is 12.3. The number of nitrogens with zero attached hydrogens (tertiary/aromatic N) is 3. The van der Waals surface area contributed by atoms with E-state index in [0.29, 0.717) is 17.8 Å². The predicted octanol–water partition coefficient (Wildman–Crippen LogP) is 4.06. The molecule has 0 aliphatic heterocycles. The number of aromatic nitrogens is 2. The zero-order valence-electron chi connectivity index (χ0n) is 14.6. The van der Waals surface area contributed by atoms with E-state index in [1.165, 1.54) is 0 Å². The second-order valence-electron chi connectivity index (χ2n) is 6.13. The largest absolute Gasteiger partial charge is 0.467 e. The van der Waals surface area contributed by atoms with Crippen LogP contribution >= 0.6 is 0 Å². The highest BCUT2D eigenvalue weighted by Gasteiger charge is 2.19. The Labute approximate surface area is 150 Å². The van der Waals surface area contributed by atoms with Gasteiger partial charge >= 0.3 is 0 Å². The molecule has 3 heterocycles. The van der Waals surface area contributed by atoms with Gasteiger partial charge in [0, 0.05) is 7.11 Å². The molecule has 0 amide bonds. The number of anilines is 1. The van der Waals surface area contributed by atoms with Crippen LogP contribution in [-0.4, -0.2) is 23.1 Å². The van der Waals surface area contributed by atoms with Crippen molar-refractivity contribution in [3.8, 4) is 6.07 Å². The first-order valence-corrected chi connectivity index (χ1v) is 8.32. The van der Waals surface area contributed by atoms with Crippen molar-refractivity contribution < 1.29 is 9.15 Å². The van der Waals surface area contributed by atoms with Crippen LogP contribution in [0.25, 0.3) is 16.7 Å². The number of nitriles is 1. The fraction of sp³-hybridized carbons (Fsp3) is 0.200. The lowest BCUT2D eigenvalue weighted by molar-refractivity contribution is 0.178. The highest BCUT2D eigenvalue weighted by atomic mass is 16.5. The van der Waals surface area contributed by atoms with Crippen LogP contribution in [-0.2, 0) is 4.74 Å². The van der Waals surface area contributed by atoms with E-state index >= 15 is 0 Å². The van der Waals surface area contributed by atoms with E-state index in [9.17, 15) is 5.26 Å². The first kappa shape index (κ1) is 16.2. The molecule has 1 aromatic carbocycles. The molecule has 4 aromatic rings. The van der Waals surface area contributed by atoms with Gasteiger partial charge in [-0.1, -0.05) is 12.1 Å². The van der Waals surface area contributed by atoms with E-state index in [0.717, 1.165) is 28.2 Å². The molecule has 6 nitrogen and oxygen atoms in total. The van der Waals surface area contributed by atoms with Gasteiger partial charge in [-0.25, -0.2) is 4.98 Å². The topological polar surface area (TPSA) is 75.5 Å². The van der Waals surface area contributed by atoms with Gasteiger partial charge in [-0.3, -0.25) is 4.40 Å². The fourth-order valence-electron chi connectivity index (χ4n) is 3.23. The Morgan fingerprint density at radius 1 is 1.31 bits per heavy atom. The van der Waals surface area contributed by atoms with Gasteiger partial charge in [0.1, 0.15) is 23.7 Å². The lowest BCUT2D eigenvalue weighted by Crippen LogP contribution is -2.18. The number of methoxy groups -OCH3 is 1. The van der Waals surface area contributed by atoms with Gasteiger partial charge < -0.3 is 14.5 Å². The van der Waals surface area contributed by atoms with Crippen molar-refractivity contribution in [2.24, 2.45) is 0 Å². The third-order valence-corrected chi connectivity index (χ3v) is 4.43. The van der Waals surface area contributed by atoms with Crippen molar-refractivity contribution in [2.75, 3.05) is 19.0 Å². The monoisotopic (exact) mass is 346 g/mol. The maximum Gasteiger partial charge on any atom is 0.157 e. The second kappa shape index (κ2) is 6.54. The summed E-state index contributed by atoms with van der Waals surface area (Å²) in [4.78, 5) is 4.67. The van der Waals surface area contributed by atoms with E-state index in [2.05, 4.69) is 16.4 Å². The van der Waals surface area contributed by atoms with Crippen LogP contribution in [0.5, 0.6) is 0 Å². The summed E-state index contributed by atoms with van der Waals surface area (Å²) in [6, 6.07) is 15.7. The van der Waals surface area contributed by atoms with Gasteiger partial charge in [-0.15, -0.1) is 0 Å². The Kier molecular flexibility index (Phi) is 4.07. The number of fused-ring (bicyclic) bond motifs is 3. The van der Waals surface area contributed by atoms with Gasteiger partial charge in [-0.2, -0.15) is 5.26 Å². The lowest BCUT2D eigenvalue weighted by atomic mass is 10.1. The van der Waals surface area contributed by atoms with Gasteiger partial charge in [0.15, 0.2) is 5.65 Å². The summed E-state index contributed by atoms with van der Waals surface area (Å²) >= 11 is 0. The average molecular weight is 346 g/mol. The Bertz CT molecular complexity index is 1110. The molecular weight excluding hydrogens is 328 g/mol. The predicted molar refractivity (Wildman–Crippen MR) is 99.1 cm³/mol. The zero-order chi connectivity index (χ0) is 18.1. The van der Waals surface area contributed by atoms with E-state index in [1.807, 2.05) is 53.8 Å². The summed E-state index contributed by atoms with van der Waals surface area (Å²) in [5, 5.41) is 13.1. The molecule has 1 unspecified atom stereocenters. The van der Waals surface area contributed by atoms with Crippen LogP contribution in [0.4, 0.5) is 5.82 Å². The fourth-order valence-corrected chi connectivity index (χ4v) is 3.23. The van der Waals surface area contributed by atoms with Crippen LogP contribution in [0.15, 0.2) is 53.1 Å². The minimum absolute atomic E-state index is 0.160. The number of para-hydroxylation sites is 2. The van der Waals surface area contributed by atoms with Crippen molar-refractivity contribution in [2.45, 2.75) is 13.0 Å². The van der Waals surface area contributed by atoms with Gasteiger partial charge in [0.2, 0.25) is 0 Å². The van der Waals surface area contributed by atoms with Gasteiger partial charge in [-0.05, 0) is 42.8 Å². The SMILES string of the molecule is COCC(Nc1cc(C)c(C#N)c2nc3ccccc3n12)c1ccco1. The summed E-state index contributed by atoms with van der Waals surface area (Å²) in [5.41, 5.74) is 3.88. The highest BCUT2D eigenvalue weighted by Crippen LogP contribution is 2.29. The molecule has 0 aliphatic carbocycles. The molecule has 0 saturated carbocycles. The van der Waals surface area contributed by atoms with Crippen LogP contribution < -0.4 is 5.32 Å². The molecule has 4 rings (SSSR count). The molecule has 0 spiro atoms. The Balaban J connectivity index is 1.93. The van der Waals surface area contributed by atoms with Crippen LogP contribution in [0, 0.1) is 18.3 Å². The number of nitrogens with one attached hydrogen (secondary N) is 1. The molecule has 0 aliphatic rings. The first-order valence-electron chi connectivity index (χ1n) is 8.32. The summed E-state index contributed by atoms with van der Waals surface area (Å²) in [7, 11) is 1.66. The van der Waals surface area contributed by atoms with Crippen LogP contribution in [0.2, 0.25) is 0 Å². The average Bonchev–Trinajstić information content (AvgIpc) is 3.29. The minimum Gasteiger partial charge on any atom is -0.467 e. The second-order valence-corrected chi connectivity index (χ2v) is 6.13. The first-order chi connectivity index (χ1) is 12.7. The number of pyridine rings is 1. The van der Waals surface area contributed by atoms with Crippen molar-refractivity contribution in [1.82, 2.24) is 9.38 Å². The Morgan fingerprint density at radius 2 is 2.15 bits per heavy atom. The van der Waals surface area contributed by atoms with Crippen molar-refractivity contribution >= 4 is 22.5 Å². The standard InChI is InChI=1S/C20H18N4O2/c1-13-10-19(22-16(12-25-2)18-8-5-9-26-18)24-17-7-4-3-6-15(17)23-20(24)14(13)11-21/h3-10,16,22H,12H2,1-2H3. The summed E-state index contributed by atoms with van der Waals surface area (Å²) in [6.45, 7) is 2.36. The molecule has 26 heavy (non-hydrogen) atoms. The summed E-state index contributed by atoms with van der Waals surface area (Å²) < 4.78 is 12.9. The zero-order valence-corrected chi connectivity index (χ0v) is 14.6. The number of rotatable bonds is 5. The van der Waals surface area contributed by atoms with Gasteiger partial charge in [0.25, 0.3) is 0 Å². The molecule has 1 atom stereocenters. The Hall–Kier alpha value is -3.30. The third kappa shape index (κ3) is 2.59. The number of ether oxygens (including phenoxy) is 1. The molecule has 0 fully saturated rings. The van der Waals surface area contributed by atoms with Crippen molar-refractivity contribution in [3.05, 3.63) is 65.6 Å². The maximum atomic E-state index is 9.59. The van der Waals surface area contributed by atoms with Crippen LogP contribution in [0.1, 0.15) is 22.9 Å². The van der Waals surface area contributed by atoms with E-state index < -0.39 is 0 Å². The molecule has 130 valence electrons. The van der Waals surface area contributed by atoms with Crippen molar-refractivity contribution in [3.63, 3.8) is 0 Å². The molecular formula is C20H18N4O2.